The van der Waals surface area contributed by atoms with E-state index in [0.717, 1.165) is 32.6 Å². The maximum absolute atomic E-state index is 9.29. The minimum atomic E-state index is 0.328. The Bertz CT molecular complexity index is 424. The molecule has 18 heavy (non-hydrogen) atoms. The molecule has 0 bridgehead atoms. The van der Waals surface area contributed by atoms with Gasteiger partial charge in [-0.3, -0.25) is 14.5 Å². The molecule has 3 rings (SSSR count). The summed E-state index contributed by atoms with van der Waals surface area (Å²) in [6.07, 6.45) is 5.17. The van der Waals surface area contributed by atoms with Crippen LogP contribution in [0.25, 0.3) is 0 Å². The van der Waals surface area contributed by atoms with Crippen LogP contribution in [-0.4, -0.2) is 63.5 Å². The molecule has 3 heterocycles. The van der Waals surface area contributed by atoms with E-state index in [0.29, 0.717) is 18.1 Å². The van der Waals surface area contributed by atoms with Gasteiger partial charge in [0.1, 0.15) is 0 Å². The van der Waals surface area contributed by atoms with Crippen molar-refractivity contribution >= 4 is 0 Å². The largest absolute Gasteiger partial charge is 0.396 e. The van der Waals surface area contributed by atoms with E-state index in [-0.39, 0.29) is 0 Å². The first kappa shape index (κ1) is 12.1. The van der Waals surface area contributed by atoms with Crippen molar-refractivity contribution in [3.63, 3.8) is 0 Å². The molecule has 0 amide bonds. The van der Waals surface area contributed by atoms with Gasteiger partial charge >= 0.3 is 0 Å². The summed E-state index contributed by atoms with van der Waals surface area (Å²) in [5.41, 5.74) is 1.61. The first-order valence-corrected chi connectivity index (χ1v) is 6.63. The van der Waals surface area contributed by atoms with Crippen LogP contribution in [0.2, 0.25) is 0 Å². The van der Waals surface area contributed by atoms with Gasteiger partial charge in [-0.15, -0.1) is 0 Å². The molecule has 1 N–H and O–H groups in total. The Hall–Kier alpha value is -0.910. The maximum Gasteiger partial charge on any atom is 0.0534 e. The van der Waals surface area contributed by atoms with Gasteiger partial charge in [-0.2, -0.15) is 5.10 Å². The minimum Gasteiger partial charge on any atom is -0.396 e. The second-order valence-electron chi connectivity index (χ2n) is 6.03. The smallest absolute Gasteiger partial charge is 0.0534 e. The molecule has 2 aliphatic heterocycles. The van der Waals surface area contributed by atoms with Crippen molar-refractivity contribution in [2.45, 2.75) is 18.5 Å². The lowest BCUT2D eigenvalue weighted by atomic mass is 9.84. The van der Waals surface area contributed by atoms with Crippen molar-refractivity contribution in [1.82, 2.24) is 19.6 Å². The van der Waals surface area contributed by atoms with E-state index in [9.17, 15) is 5.11 Å². The molecule has 2 aliphatic rings. The van der Waals surface area contributed by atoms with Gasteiger partial charge in [-0.05, 0) is 19.4 Å². The van der Waals surface area contributed by atoms with Crippen molar-refractivity contribution in [2.24, 2.45) is 13.0 Å². The first-order valence-electron chi connectivity index (χ1n) is 6.63. The summed E-state index contributed by atoms with van der Waals surface area (Å²) < 4.78 is 1.86. The number of aliphatic hydroxyl groups is 1. The predicted octanol–water partition coefficient (Wildman–Crippen LogP) is -0.0815. The lowest BCUT2D eigenvalue weighted by Gasteiger charge is -2.52. The van der Waals surface area contributed by atoms with Gasteiger partial charge in [-0.1, -0.05) is 0 Å². The highest BCUT2D eigenvalue weighted by atomic mass is 16.3. The third-order valence-corrected chi connectivity index (χ3v) is 4.47. The zero-order valence-corrected chi connectivity index (χ0v) is 11.2. The molecule has 1 unspecified atom stereocenters. The molecule has 0 aliphatic carbocycles. The summed E-state index contributed by atoms with van der Waals surface area (Å²) in [6, 6.07) is 0. The Labute approximate surface area is 108 Å². The highest BCUT2D eigenvalue weighted by Crippen LogP contribution is 2.39. The Morgan fingerprint density at radius 2 is 2.22 bits per heavy atom. The number of aromatic nitrogens is 2. The zero-order chi connectivity index (χ0) is 12.8. The van der Waals surface area contributed by atoms with Crippen LogP contribution in [0.3, 0.4) is 0 Å². The van der Waals surface area contributed by atoms with Crippen molar-refractivity contribution < 1.29 is 5.11 Å². The molecular formula is C13H22N4O. The Balaban J connectivity index is 1.56. The second kappa shape index (κ2) is 4.33. The average Bonchev–Trinajstić information content (AvgIpc) is 2.83. The predicted molar refractivity (Wildman–Crippen MR) is 69.0 cm³/mol. The van der Waals surface area contributed by atoms with Gasteiger partial charge in [0.05, 0.1) is 6.20 Å². The molecule has 5 nitrogen and oxygen atoms in total. The first-order chi connectivity index (χ1) is 8.61. The van der Waals surface area contributed by atoms with Crippen LogP contribution in [-0.2, 0) is 13.6 Å². The number of hydrogen-bond acceptors (Lipinski definition) is 4. The minimum absolute atomic E-state index is 0.328. The van der Waals surface area contributed by atoms with Crippen molar-refractivity contribution in [3.8, 4) is 0 Å². The molecule has 1 spiro atoms. The monoisotopic (exact) mass is 250 g/mol. The molecule has 2 fully saturated rings. The number of likely N-dealkylation sites (tertiary alicyclic amines) is 2. The van der Waals surface area contributed by atoms with Gasteiger partial charge in [-0.25, -0.2) is 0 Å². The standard InChI is InChI=1S/C13H22N4O/c1-15-5-11(8-18)3-13(15)9-17(10-13)7-12-4-14-16(2)6-12/h4,6,11,18H,3,5,7-10H2,1-2H3. The zero-order valence-electron chi connectivity index (χ0n) is 11.2. The maximum atomic E-state index is 9.29. The number of aliphatic hydroxyl groups excluding tert-OH is 1. The molecule has 1 aromatic heterocycles. The summed E-state index contributed by atoms with van der Waals surface area (Å²) in [6.45, 7) is 4.60. The molecule has 5 heteroatoms. The lowest BCUT2D eigenvalue weighted by Crippen LogP contribution is -2.66. The quantitative estimate of drug-likeness (QED) is 0.815. The van der Waals surface area contributed by atoms with Crippen LogP contribution in [0.4, 0.5) is 0 Å². The molecule has 1 aromatic rings. The van der Waals surface area contributed by atoms with E-state index in [1.165, 1.54) is 5.56 Å². The number of aryl methyl sites for hydroxylation is 1. The average molecular weight is 250 g/mol. The fourth-order valence-corrected chi connectivity index (χ4v) is 3.54. The number of nitrogens with zero attached hydrogens (tertiary/aromatic N) is 4. The second-order valence-corrected chi connectivity index (χ2v) is 6.03. The summed E-state index contributed by atoms with van der Waals surface area (Å²) in [4.78, 5) is 4.90. The van der Waals surface area contributed by atoms with Crippen molar-refractivity contribution in [2.75, 3.05) is 33.3 Å². The van der Waals surface area contributed by atoms with E-state index in [1.807, 2.05) is 17.9 Å². The van der Waals surface area contributed by atoms with E-state index >= 15 is 0 Å². The summed E-state index contributed by atoms with van der Waals surface area (Å²) in [5, 5.41) is 13.5. The summed E-state index contributed by atoms with van der Waals surface area (Å²) in [7, 11) is 4.15. The highest BCUT2D eigenvalue weighted by Gasteiger charge is 2.51. The number of rotatable bonds is 3. The topological polar surface area (TPSA) is 44.5 Å². The summed E-state index contributed by atoms with van der Waals surface area (Å²) >= 11 is 0. The van der Waals surface area contributed by atoms with Crippen LogP contribution in [0.15, 0.2) is 12.4 Å². The van der Waals surface area contributed by atoms with Gasteiger partial charge in [0.25, 0.3) is 0 Å². The van der Waals surface area contributed by atoms with Gasteiger partial charge < -0.3 is 5.11 Å². The number of hydrogen-bond donors (Lipinski definition) is 1. The van der Waals surface area contributed by atoms with E-state index in [2.05, 4.69) is 28.1 Å². The van der Waals surface area contributed by atoms with E-state index in [1.54, 1.807) is 0 Å². The van der Waals surface area contributed by atoms with Gasteiger partial charge in [0, 0.05) is 57.1 Å². The van der Waals surface area contributed by atoms with E-state index in [4.69, 9.17) is 0 Å². The molecule has 0 saturated carbocycles. The molecule has 1 atom stereocenters. The fraction of sp³-hybridized carbons (Fsp3) is 0.769. The molecule has 2 saturated heterocycles. The SMILES string of the molecule is CN1CC(CO)CC12CN(Cc1cnn(C)c1)C2. The highest BCUT2D eigenvalue weighted by molar-refractivity contribution is 5.12. The summed E-state index contributed by atoms with van der Waals surface area (Å²) in [5.74, 6) is 0.468. The third-order valence-electron chi connectivity index (χ3n) is 4.47. The van der Waals surface area contributed by atoms with E-state index < -0.39 is 0 Å². The number of likely N-dealkylation sites (N-methyl/N-ethyl adjacent to an activating group) is 1. The van der Waals surface area contributed by atoms with Gasteiger partial charge in [0.2, 0.25) is 0 Å². The Morgan fingerprint density at radius 1 is 1.44 bits per heavy atom. The van der Waals surface area contributed by atoms with Crippen molar-refractivity contribution in [3.05, 3.63) is 18.0 Å². The van der Waals surface area contributed by atoms with Gasteiger partial charge in [0.15, 0.2) is 0 Å². The van der Waals surface area contributed by atoms with Crippen LogP contribution in [0.5, 0.6) is 0 Å². The van der Waals surface area contributed by atoms with Crippen LogP contribution in [0, 0.1) is 5.92 Å². The van der Waals surface area contributed by atoms with Crippen LogP contribution >= 0.6 is 0 Å². The molecule has 0 radical (unpaired) electrons. The molecular weight excluding hydrogens is 228 g/mol. The lowest BCUT2D eigenvalue weighted by molar-refractivity contribution is -0.0223. The third kappa shape index (κ3) is 1.96. The fourth-order valence-electron chi connectivity index (χ4n) is 3.54. The van der Waals surface area contributed by atoms with Crippen LogP contribution in [0.1, 0.15) is 12.0 Å². The normalized spacial score (nSPS) is 27.8. The Kier molecular flexibility index (Phi) is 2.92. The molecule has 100 valence electrons. The van der Waals surface area contributed by atoms with Crippen molar-refractivity contribution in [1.29, 1.82) is 0 Å². The van der Waals surface area contributed by atoms with Crippen LogP contribution < -0.4 is 0 Å². The Morgan fingerprint density at radius 3 is 2.78 bits per heavy atom. The molecule has 0 aromatic carbocycles.